The molecular formula is C20H21BrFN5O3. The van der Waals surface area contributed by atoms with Crippen LogP contribution in [0, 0.1) is 5.82 Å². The molecular weight excluding hydrogens is 457 g/mol. The maximum Gasteiger partial charge on any atom is 0.236 e. The van der Waals surface area contributed by atoms with E-state index in [1.54, 1.807) is 23.1 Å². The molecule has 2 aromatic heterocycles. The summed E-state index contributed by atoms with van der Waals surface area (Å²) >= 11 is 3.31. The summed E-state index contributed by atoms with van der Waals surface area (Å²) in [6.45, 7) is 4.51. The summed E-state index contributed by atoms with van der Waals surface area (Å²) < 4.78 is 24.9. The Morgan fingerprint density at radius 1 is 1.23 bits per heavy atom. The number of halogens is 2. The molecule has 1 unspecified atom stereocenters. The summed E-state index contributed by atoms with van der Waals surface area (Å²) in [7, 11) is 0. The highest BCUT2D eigenvalue weighted by Crippen LogP contribution is 2.27. The number of benzene rings is 1. The van der Waals surface area contributed by atoms with Crippen LogP contribution >= 0.6 is 15.9 Å². The molecule has 8 nitrogen and oxygen atoms in total. The number of piperazine rings is 1. The number of alkyl halides is 1. The van der Waals surface area contributed by atoms with Gasteiger partial charge in [-0.15, -0.1) is 0 Å². The second kappa shape index (κ2) is 8.86. The lowest BCUT2D eigenvalue weighted by molar-refractivity contribution is -0.130. The number of carbonyl (C=O) groups excluding carboxylic acids is 1. The van der Waals surface area contributed by atoms with E-state index in [1.165, 1.54) is 12.3 Å². The number of rotatable bonds is 6. The number of anilines is 2. The van der Waals surface area contributed by atoms with Crippen LogP contribution in [0.3, 0.4) is 0 Å². The van der Waals surface area contributed by atoms with E-state index in [1.807, 2.05) is 17.9 Å². The first-order chi connectivity index (χ1) is 14.5. The zero-order valence-electron chi connectivity index (χ0n) is 16.3. The van der Waals surface area contributed by atoms with E-state index in [9.17, 15) is 9.18 Å². The first-order valence-corrected chi connectivity index (χ1v) is 10.5. The third kappa shape index (κ3) is 4.48. The second-order valence-electron chi connectivity index (χ2n) is 7.01. The van der Waals surface area contributed by atoms with Gasteiger partial charge in [0.25, 0.3) is 0 Å². The van der Waals surface area contributed by atoms with Gasteiger partial charge in [-0.05, 0) is 19.1 Å². The van der Waals surface area contributed by atoms with Gasteiger partial charge in [-0.25, -0.2) is 4.39 Å². The molecule has 0 bridgehead atoms. The van der Waals surface area contributed by atoms with Crippen LogP contribution in [0.25, 0.3) is 11.3 Å². The Kier molecular flexibility index (Phi) is 6.03. The fourth-order valence-corrected chi connectivity index (χ4v) is 3.65. The number of nitrogens with zero attached hydrogens (tertiary/aromatic N) is 4. The number of carbonyl (C=O) groups is 1. The third-order valence-corrected chi connectivity index (χ3v) is 5.35. The van der Waals surface area contributed by atoms with E-state index in [2.05, 4.69) is 31.6 Å². The maximum absolute atomic E-state index is 14.8. The van der Waals surface area contributed by atoms with Crippen LogP contribution in [-0.2, 0) is 11.3 Å². The molecule has 10 heteroatoms. The van der Waals surface area contributed by atoms with Gasteiger partial charge in [-0.3, -0.25) is 4.79 Å². The highest BCUT2D eigenvalue weighted by Gasteiger charge is 2.25. The Hall–Kier alpha value is -2.88. The van der Waals surface area contributed by atoms with Gasteiger partial charge in [-0.1, -0.05) is 32.3 Å². The van der Waals surface area contributed by atoms with Crippen molar-refractivity contribution < 1.29 is 18.2 Å². The van der Waals surface area contributed by atoms with Crippen LogP contribution in [0.2, 0.25) is 0 Å². The van der Waals surface area contributed by atoms with E-state index < -0.39 is 0 Å². The summed E-state index contributed by atoms with van der Waals surface area (Å²) in [5, 5.41) is 10.8. The van der Waals surface area contributed by atoms with Gasteiger partial charge < -0.3 is 24.2 Å². The van der Waals surface area contributed by atoms with Gasteiger partial charge >= 0.3 is 0 Å². The van der Waals surface area contributed by atoms with Crippen molar-refractivity contribution in [2.45, 2.75) is 18.3 Å². The molecule has 1 atom stereocenters. The summed E-state index contributed by atoms with van der Waals surface area (Å²) in [5.41, 5.74) is 1.71. The van der Waals surface area contributed by atoms with Crippen molar-refractivity contribution in [3.8, 4) is 11.3 Å². The minimum atomic E-state index is -0.327. The summed E-state index contributed by atoms with van der Waals surface area (Å²) in [4.78, 5) is 15.6. The van der Waals surface area contributed by atoms with E-state index >= 15 is 0 Å². The fourth-order valence-electron chi connectivity index (χ4n) is 3.36. The van der Waals surface area contributed by atoms with Crippen LogP contribution in [0.4, 0.5) is 15.9 Å². The van der Waals surface area contributed by atoms with Crippen LogP contribution in [-0.4, -0.2) is 52.1 Å². The molecule has 0 spiro atoms. The smallest absolute Gasteiger partial charge is 0.236 e. The zero-order chi connectivity index (χ0) is 21.1. The van der Waals surface area contributed by atoms with Crippen LogP contribution in [0.5, 0.6) is 0 Å². The van der Waals surface area contributed by atoms with Crippen LogP contribution in [0.15, 0.2) is 45.6 Å². The van der Waals surface area contributed by atoms with Crippen LogP contribution in [0.1, 0.15) is 12.7 Å². The van der Waals surface area contributed by atoms with E-state index in [0.717, 1.165) is 0 Å². The normalized spacial score (nSPS) is 15.3. The lowest BCUT2D eigenvalue weighted by Crippen LogP contribution is -2.50. The highest BCUT2D eigenvalue weighted by molar-refractivity contribution is 9.10. The van der Waals surface area contributed by atoms with E-state index in [-0.39, 0.29) is 16.6 Å². The van der Waals surface area contributed by atoms with Crippen molar-refractivity contribution in [2.24, 2.45) is 0 Å². The van der Waals surface area contributed by atoms with Crippen molar-refractivity contribution in [3.63, 3.8) is 0 Å². The number of amides is 1. The minimum absolute atomic E-state index is 0.0605. The predicted molar refractivity (Wildman–Crippen MR) is 113 cm³/mol. The van der Waals surface area contributed by atoms with E-state index in [0.29, 0.717) is 61.2 Å². The molecule has 1 aliphatic heterocycles. The Morgan fingerprint density at radius 3 is 2.70 bits per heavy atom. The molecule has 1 N–H and O–H groups in total. The molecule has 1 fully saturated rings. The number of nitrogens with one attached hydrogen (secondary N) is 1. The number of aromatic nitrogens is 2. The lowest BCUT2D eigenvalue weighted by Gasteiger charge is -2.36. The standard InChI is InChI=1S/C20H21BrFN5O3/c1-13(21)20(28)27-7-5-26(6-8-27)18-3-2-14(10-16(18)22)17-11-15(30-24-17)12-23-19-4-9-29-25-19/h2-4,9-11,13H,5-8,12H2,1H3,(H,23,25). The van der Waals surface area contributed by atoms with Gasteiger partial charge in [0.1, 0.15) is 17.8 Å². The number of hydrogen-bond acceptors (Lipinski definition) is 7. The monoisotopic (exact) mass is 477 g/mol. The minimum Gasteiger partial charge on any atom is -0.366 e. The Bertz CT molecular complexity index is 1000. The van der Waals surface area contributed by atoms with Crippen molar-refractivity contribution in [3.05, 3.63) is 48.2 Å². The molecule has 0 aliphatic carbocycles. The second-order valence-corrected chi connectivity index (χ2v) is 8.38. The molecule has 3 aromatic rings. The molecule has 158 valence electrons. The molecule has 30 heavy (non-hydrogen) atoms. The lowest BCUT2D eigenvalue weighted by atomic mass is 10.1. The first kappa shape index (κ1) is 20.4. The van der Waals surface area contributed by atoms with Gasteiger partial charge in [0.05, 0.1) is 17.1 Å². The van der Waals surface area contributed by atoms with Crippen molar-refractivity contribution >= 4 is 33.3 Å². The molecule has 1 saturated heterocycles. The average Bonchev–Trinajstić information content (AvgIpc) is 3.44. The fraction of sp³-hybridized carbons (Fsp3) is 0.350. The Labute approximate surface area is 181 Å². The predicted octanol–water partition coefficient (Wildman–Crippen LogP) is 3.51. The maximum atomic E-state index is 14.8. The third-order valence-electron chi connectivity index (χ3n) is 4.96. The first-order valence-electron chi connectivity index (χ1n) is 9.59. The summed E-state index contributed by atoms with van der Waals surface area (Å²) in [6, 6.07) is 8.48. The number of hydrogen-bond donors (Lipinski definition) is 1. The zero-order valence-corrected chi connectivity index (χ0v) is 17.9. The molecule has 1 amide bonds. The quantitative estimate of drug-likeness (QED) is 0.543. The van der Waals surface area contributed by atoms with Gasteiger partial charge in [0.2, 0.25) is 5.91 Å². The van der Waals surface area contributed by atoms with Gasteiger partial charge in [-0.2, -0.15) is 0 Å². The largest absolute Gasteiger partial charge is 0.366 e. The molecule has 1 aromatic carbocycles. The van der Waals surface area contributed by atoms with Crippen LogP contribution < -0.4 is 10.2 Å². The van der Waals surface area contributed by atoms with Gasteiger partial charge in [0, 0.05) is 43.9 Å². The molecule has 3 heterocycles. The highest BCUT2D eigenvalue weighted by atomic mass is 79.9. The SMILES string of the molecule is CC(Br)C(=O)N1CCN(c2ccc(-c3cc(CNc4ccon4)on3)cc2F)CC1. The topological polar surface area (TPSA) is 87.6 Å². The molecule has 0 radical (unpaired) electrons. The van der Waals surface area contributed by atoms with E-state index in [4.69, 9.17) is 9.05 Å². The average molecular weight is 478 g/mol. The van der Waals surface area contributed by atoms with Crippen molar-refractivity contribution in [2.75, 3.05) is 36.4 Å². The molecule has 4 rings (SSSR count). The summed E-state index contributed by atoms with van der Waals surface area (Å²) in [5.74, 6) is 0.923. The molecule has 1 aliphatic rings. The van der Waals surface area contributed by atoms with Crippen molar-refractivity contribution in [1.82, 2.24) is 15.2 Å². The Balaban J connectivity index is 1.40. The molecule has 0 saturated carbocycles. The Morgan fingerprint density at radius 2 is 2.03 bits per heavy atom. The summed E-state index contributed by atoms with van der Waals surface area (Å²) in [6.07, 6.45) is 1.47. The van der Waals surface area contributed by atoms with Gasteiger partial charge in [0.15, 0.2) is 11.6 Å². The van der Waals surface area contributed by atoms with Crippen molar-refractivity contribution in [1.29, 1.82) is 0 Å².